The minimum Gasteiger partial charge on any atom is -0.389 e. The predicted octanol–water partition coefficient (Wildman–Crippen LogP) is 2.91. The summed E-state index contributed by atoms with van der Waals surface area (Å²) in [5, 5.41) is 5.60. The molecule has 0 aliphatic carbocycles. The van der Waals surface area contributed by atoms with Gasteiger partial charge in [-0.15, -0.1) is 0 Å². The van der Waals surface area contributed by atoms with E-state index in [9.17, 15) is 0 Å². The Morgan fingerprint density at radius 2 is 1.88 bits per heavy atom. The lowest BCUT2D eigenvalue weighted by molar-refractivity contribution is 1.22. The molecule has 0 heterocycles. The van der Waals surface area contributed by atoms with Crippen LogP contribution in [0.4, 0.5) is 5.69 Å². The Morgan fingerprint density at radius 3 is 2.50 bits per heavy atom. The SMILES string of the molecule is CCNc1ccc(C(N)=S)c2ccccc12. The molecule has 0 aromatic heterocycles. The Bertz CT molecular complexity index is 534. The van der Waals surface area contributed by atoms with Crippen molar-refractivity contribution in [2.45, 2.75) is 6.92 Å². The summed E-state index contributed by atoms with van der Waals surface area (Å²) in [6.07, 6.45) is 0. The van der Waals surface area contributed by atoms with Gasteiger partial charge in [0.05, 0.1) is 0 Å². The minimum absolute atomic E-state index is 0.444. The van der Waals surface area contributed by atoms with Gasteiger partial charge in [-0.1, -0.05) is 36.5 Å². The van der Waals surface area contributed by atoms with Crippen LogP contribution in [0.2, 0.25) is 0 Å². The van der Waals surface area contributed by atoms with Crippen molar-refractivity contribution in [1.82, 2.24) is 0 Å². The number of nitrogens with two attached hydrogens (primary N) is 1. The molecule has 0 atom stereocenters. The minimum atomic E-state index is 0.444. The summed E-state index contributed by atoms with van der Waals surface area (Å²) in [6, 6.07) is 12.1. The summed E-state index contributed by atoms with van der Waals surface area (Å²) in [5.74, 6) is 0. The maximum Gasteiger partial charge on any atom is 0.104 e. The number of rotatable bonds is 3. The predicted molar refractivity (Wildman–Crippen MR) is 74.0 cm³/mol. The maximum absolute atomic E-state index is 5.71. The van der Waals surface area contributed by atoms with E-state index in [0.29, 0.717) is 4.99 Å². The number of hydrogen-bond acceptors (Lipinski definition) is 2. The van der Waals surface area contributed by atoms with Crippen molar-refractivity contribution < 1.29 is 0 Å². The zero-order valence-corrected chi connectivity index (χ0v) is 9.97. The van der Waals surface area contributed by atoms with Crippen LogP contribution >= 0.6 is 12.2 Å². The monoisotopic (exact) mass is 230 g/mol. The fourth-order valence-corrected chi connectivity index (χ4v) is 2.04. The second-order valence-corrected chi connectivity index (χ2v) is 4.04. The molecular weight excluding hydrogens is 216 g/mol. The quantitative estimate of drug-likeness (QED) is 0.796. The van der Waals surface area contributed by atoms with E-state index in [2.05, 4.69) is 18.3 Å². The van der Waals surface area contributed by atoms with Gasteiger partial charge in [-0.3, -0.25) is 0 Å². The van der Waals surface area contributed by atoms with Crippen LogP contribution < -0.4 is 11.1 Å². The smallest absolute Gasteiger partial charge is 0.104 e. The largest absolute Gasteiger partial charge is 0.389 e. The number of anilines is 1. The second kappa shape index (κ2) is 4.49. The third-order valence-corrected chi connectivity index (χ3v) is 2.78. The van der Waals surface area contributed by atoms with E-state index >= 15 is 0 Å². The van der Waals surface area contributed by atoms with E-state index < -0.39 is 0 Å². The lowest BCUT2D eigenvalue weighted by Gasteiger charge is -2.11. The summed E-state index contributed by atoms with van der Waals surface area (Å²) in [4.78, 5) is 0.444. The van der Waals surface area contributed by atoms with Crippen molar-refractivity contribution in [3.63, 3.8) is 0 Å². The summed E-state index contributed by atoms with van der Waals surface area (Å²) >= 11 is 5.05. The summed E-state index contributed by atoms with van der Waals surface area (Å²) < 4.78 is 0. The van der Waals surface area contributed by atoms with Crippen LogP contribution in [0.5, 0.6) is 0 Å². The van der Waals surface area contributed by atoms with Gasteiger partial charge in [-0.05, 0) is 24.4 Å². The van der Waals surface area contributed by atoms with Crippen LogP contribution in [0.3, 0.4) is 0 Å². The van der Waals surface area contributed by atoms with Gasteiger partial charge in [0.2, 0.25) is 0 Å². The van der Waals surface area contributed by atoms with Gasteiger partial charge in [0.15, 0.2) is 0 Å². The van der Waals surface area contributed by atoms with Gasteiger partial charge >= 0.3 is 0 Å². The highest BCUT2D eigenvalue weighted by molar-refractivity contribution is 7.80. The Kier molecular flexibility index (Phi) is 3.06. The molecule has 2 rings (SSSR count). The van der Waals surface area contributed by atoms with Crippen LogP contribution in [0.15, 0.2) is 36.4 Å². The highest BCUT2D eigenvalue weighted by Gasteiger charge is 2.06. The number of nitrogens with one attached hydrogen (secondary N) is 1. The van der Waals surface area contributed by atoms with Crippen molar-refractivity contribution in [3.8, 4) is 0 Å². The van der Waals surface area contributed by atoms with Crippen molar-refractivity contribution in [2.24, 2.45) is 5.73 Å². The van der Waals surface area contributed by atoms with Crippen LogP contribution in [-0.2, 0) is 0 Å². The number of fused-ring (bicyclic) bond motifs is 1. The molecule has 0 unspecified atom stereocenters. The first-order chi connectivity index (χ1) is 7.74. The lowest BCUT2D eigenvalue weighted by atomic mass is 10.0. The van der Waals surface area contributed by atoms with E-state index in [1.807, 2.05) is 30.3 Å². The topological polar surface area (TPSA) is 38.0 Å². The number of benzene rings is 2. The molecule has 0 fully saturated rings. The Balaban J connectivity index is 2.71. The zero-order chi connectivity index (χ0) is 11.5. The number of hydrogen-bond donors (Lipinski definition) is 2. The van der Waals surface area contributed by atoms with Gasteiger partial charge < -0.3 is 11.1 Å². The summed E-state index contributed by atoms with van der Waals surface area (Å²) in [5.41, 5.74) is 7.78. The second-order valence-electron chi connectivity index (χ2n) is 3.60. The first-order valence-corrected chi connectivity index (χ1v) is 5.70. The highest BCUT2D eigenvalue weighted by atomic mass is 32.1. The average Bonchev–Trinajstić information content (AvgIpc) is 2.29. The molecule has 2 aromatic carbocycles. The molecule has 3 heteroatoms. The van der Waals surface area contributed by atoms with Gasteiger partial charge in [-0.25, -0.2) is 0 Å². The third kappa shape index (κ3) is 1.86. The van der Waals surface area contributed by atoms with E-state index in [1.54, 1.807) is 0 Å². The van der Waals surface area contributed by atoms with E-state index in [4.69, 9.17) is 18.0 Å². The average molecular weight is 230 g/mol. The van der Waals surface area contributed by atoms with Crippen molar-refractivity contribution in [3.05, 3.63) is 42.0 Å². The summed E-state index contributed by atoms with van der Waals surface area (Å²) in [6.45, 7) is 2.98. The highest BCUT2D eigenvalue weighted by Crippen LogP contribution is 2.26. The van der Waals surface area contributed by atoms with Crippen molar-refractivity contribution >= 4 is 33.7 Å². The molecule has 0 radical (unpaired) electrons. The van der Waals surface area contributed by atoms with E-state index in [1.165, 1.54) is 0 Å². The van der Waals surface area contributed by atoms with E-state index in [-0.39, 0.29) is 0 Å². The molecule has 0 amide bonds. The molecule has 16 heavy (non-hydrogen) atoms. The molecule has 3 N–H and O–H groups in total. The normalized spacial score (nSPS) is 10.3. The Morgan fingerprint density at radius 1 is 1.19 bits per heavy atom. The molecule has 0 saturated carbocycles. The molecule has 0 saturated heterocycles. The first kappa shape index (κ1) is 10.9. The molecule has 82 valence electrons. The number of thiocarbonyl (C=S) groups is 1. The molecule has 0 aliphatic rings. The summed E-state index contributed by atoms with van der Waals surface area (Å²) in [7, 11) is 0. The fourth-order valence-electron chi connectivity index (χ4n) is 1.86. The Hall–Kier alpha value is -1.61. The van der Waals surface area contributed by atoms with Crippen molar-refractivity contribution in [2.75, 3.05) is 11.9 Å². The van der Waals surface area contributed by atoms with Gasteiger partial charge in [0.1, 0.15) is 4.99 Å². The zero-order valence-electron chi connectivity index (χ0n) is 9.16. The lowest BCUT2D eigenvalue weighted by Crippen LogP contribution is -2.10. The Labute approximate surface area is 100 Å². The molecule has 0 bridgehead atoms. The molecule has 0 aliphatic heterocycles. The molecule has 0 spiro atoms. The molecule has 2 nitrogen and oxygen atoms in total. The van der Waals surface area contributed by atoms with Gasteiger partial charge in [-0.2, -0.15) is 0 Å². The van der Waals surface area contributed by atoms with Crippen molar-refractivity contribution in [1.29, 1.82) is 0 Å². The fraction of sp³-hybridized carbons (Fsp3) is 0.154. The standard InChI is InChI=1S/C13H14N2S/c1-2-15-12-8-7-11(13(14)16)9-5-3-4-6-10(9)12/h3-8,15H,2H2,1H3,(H2,14,16). The maximum atomic E-state index is 5.71. The van der Waals surface area contributed by atoms with Gasteiger partial charge in [0, 0.05) is 23.2 Å². The first-order valence-electron chi connectivity index (χ1n) is 5.29. The molecule has 2 aromatic rings. The van der Waals surface area contributed by atoms with Crippen LogP contribution in [0, 0.1) is 0 Å². The van der Waals surface area contributed by atoms with Crippen LogP contribution in [0.1, 0.15) is 12.5 Å². The van der Waals surface area contributed by atoms with Crippen LogP contribution in [0.25, 0.3) is 10.8 Å². The third-order valence-electron chi connectivity index (χ3n) is 2.56. The molecular formula is C13H14N2S. The van der Waals surface area contributed by atoms with E-state index in [0.717, 1.165) is 28.6 Å². The van der Waals surface area contributed by atoms with Crippen LogP contribution in [-0.4, -0.2) is 11.5 Å². The van der Waals surface area contributed by atoms with Gasteiger partial charge in [0.25, 0.3) is 0 Å².